The summed E-state index contributed by atoms with van der Waals surface area (Å²) in [5.74, 6) is -30.4. The van der Waals surface area contributed by atoms with Gasteiger partial charge in [0.05, 0.1) is 90.3 Å². The Morgan fingerprint density at radius 3 is 0.510 bits per heavy atom. The monoisotopic (exact) mass is 1520 g/mol. The molecule has 0 aromatic carbocycles. The molecule has 0 bridgehead atoms. The van der Waals surface area contributed by atoms with Crippen LogP contribution in [0.25, 0.3) is 0 Å². The minimum absolute atomic E-state index is 0. The third kappa shape index (κ3) is 64.9. The van der Waals surface area contributed by atoms with Gasteiger partial charge in [-0.05, 0) is 0 Å². The molecule has 0 heterocycles. The van der Waals surface area contributed by atoms with Crippen LogP contribution in [-0.2, 0) is 171 Å². The van der Waals surface area contributed by atoms with E-state index in [1.807, 2.05) is 0 Å². The SMILES string of the molecule is C.O=C(O)CC(O)(CC(=O)O)C(=O)O.O=C(O)CC(O)(CC(=O)O)C(=O)O.O=C(O)CC(O)(CC(=O)O)C(=O)O.O=C(O)CC(O)(CC(=O)O)C(=O)O.O=C(O)CC(O)(CC(=O)OOCCOOC(=O)C(O)(CC(=O)O)CC(=O)O)C(=O)O.OCCO.[CH3-].[CH3-].[CH3-].[CH3-].[CH3-].[CH3-].[Ti+2].[Ti+2].[Ti+2]. The molecule has 0 saturated carbocycles. The van der Waals surface area contributed by atoms with Crippen molar-refractivity contribution in [1.82, 2.24) is 0 Å². The molecular formula is C47H78O46Ti3. The zero-order valence-corrected chi connectivity index (χ0v) is 55.2. The molecule has 0 spiro atoms. The van der Waals surface area contributed by atoms with Crippen molar-refractivity contribution in [3.05, 3.63) is 44.6 Å². The smallest absolute Gasteiger partial charge is 0.481 e. The van der Waals surface area contributed by atoms with Crippen LogP contribution >= 0.6 is 0 Å². The molecule has 0 saturated heterocycles. The third-order valence-electron chi connectivity index (χ3n) is 8.32. The summed E-state index contributed by atoms with van der Waals surface area (Å²) in [7, 11) is 0. The molecule has 0 aliphatic heterocycles. The van der Waals surface area contributed by atoms with Crippen LogP contribution in [-0.4, -0.2) is 290 Å². The van der Waals surface area contributed by atoms with E-state index < -0.39 is 231 Å². The predicted molar refractivity (Wildman–Crippen MR) is 291 cm³/mol. The van der Waals surface area contributed by atoms with Gasteiger partial charge in [0.25, 0.3) is 0 Å². The van der Waals surface area contributed by atoms with Crippen molar-refractivity contribution in [1.29, 1.82) is 0 Å². The van der Waals surface area contributed by atoms with Crippen LogP contribution in [0.2, 0.25) is 0 Å². The predicted octanol–water partition coefficient (Wildman–Crippen LogP) is -5.40. The maximum Gasteiger partial charge on any atom is 2.00 e. The Balaban J connectivity index is -0.0000000600. The molecule has 0 aromatic heterocycles. The van der Waals surface area contributed by atoms with Gasteiger partial charge in [0.15, 0.2) is 33.6 Å². The third-order valence-corrected chi connectivity index (χ3v) is 8.32. The van der Waals surface area contributed by atoms with Crippen LogP contribution in [0.5, 0.6) is 0 Å². The van der Waals surface area contributed by atoms with Gasteiger partial charge in [-0.2, -0.15) is 9.78 Å². The van der Waals surface area contributed by atoms with E-state index in [1.165, 1.54) is 0 Å². The average Bonchev–Trinajstić information content (AvgIpc) is 3.27. The van der Waals surface area contributed by atoms with E-state index in [0.717, 1.165) is 0 Å². The molecule has 1 atom stereocenters. The van der Waals surface area contributed by atoms with E-state index in [0.29, 0.717) is 0 Å². The van der Waals surface area contributed by atoms with Gasteiger partial charge in [0.1, 0.15) is 13.2 Å². The average molecular weight is 1520 g/mol. The Hall–Kier alpha value is -7.80. The second kappa shape index (κ2) is 62.0. The number of carbonyl (C=O) groups is 18. The molecule has 0 aliphatic carbocycles. The summed E-state index contributed by atoms with van der Waals surface area (Å²) in [6, 6.07) is 0. The Labute approximate surface area is 587 Å². The van der Waals surface area contributed by atoms with Gasteiger partial charge in [-0.25, -0.2) is 33.6 Å². The fourth-order valence-electron chi connectivity index (χ4n) is 4.64. The molecule has 0 rings (SSSR count). The number of aliphatic carboxylic acids is 16. The van der Waals surface area contributed by atoms with E-state index in [9.17, 15) is 96.5 Å². The van der Waals surface area contributed by atoms with Crippen molar-refractivity contribution in [3.8, 4) is 0 Å². The van der Waals surface area contributed by atoms with Gasteiger partial charge in [0.2, 0.25) is 0 Å². The molecule has 46 nitrogen and oxygen atoms in total. The molecule has 1 unspecified atom stereocenters. The quantitative estimate of drug-likeness (QED) is 0.00915. The number of carbonyl (C=O) groups excluding carboxylic acids is 2. The van der Waals surface area contributed by atoms with E-state index in [1.54, 1.807) is 0 Å². The zero-order valence-electron chi connectivity index (χ0n) is 50.5. The number of aliphatic hydroxyl groups is 8. The first kappa shape index (κ1) is 129. The molecule has 0 aromatic rings. The Morgan fingerprint density at radius 1 is 0.240 bits per heavy atom. The fourth-order valence-corrected chi connectivity index (χ4v) is 4.64. The Kier molecular flexibility index (Phi) is 83.1. The number of carboxylic acids is 16. The minimum atomic E-state index is -2.95. The minimum Gasteiger partial charge on any atom is -0.481 e. The standard InChI is InChI=1S/C14H18O16.4C6H8O7.C2H6O2.CH4.6CH3.3Ti/c15-7(16)3-13(25,11(22)23)6-10(21)29-27-1-2-28-30-12(24)14(26,4-8(17)18)5-9(19)20;4*7-3(8)1-6(13,5(11)12)2-4(9)10;3-1-2-4;;;;;;;;;;/h25-26H,1-6H2,(H,15,16)(H,17,18)(H,19,20)(H,22,23);4*13H,1-2H2,(H,7,8)(H,9,10)(H,11,12);3-4H,1-2H2;1H4;6*1H3;;;/q;;;;;;;6*-1;3*+2. The number of rotatable bonds is 36. The summed E-state index contributed by atoms with van der Waals surface area (Å²) in [5.41, 5.74) is -16.8. The van der Waals surface area contributed by atoms with Crippen LogP contribution < -0.4 is 0 Å². The number of hydrogen-bond donors (Lipinski definition) is 24. The Bertz CT molecular complexity index is 2150. The molecule has 0 amide bonds. The van der Waals surface area contributed by atoms with E-state index >= 15 is 0 Å². The van der Waals surface area contributed by atoms with Crippen molar-refractivity contribution < 1.29 is 294 Å². The zero-order chi connectivity index (χ0) is 69.5. The molecule has 0 aliphatic rings. The molecule has 554 valence electrons. The number of hydrogen-bond acceptors (Lipinski definition) is 30. The Morgan fingerprint density at radius 2 is 0.375 bits per heavy atom. The second-order valence-electron chi connectivity index (χ2n) is 16.1. The summed E-state index contributed by atoms with van der Waals surface area (Å²) in [6.45, 7) is -1.60. The van der Waals surface area contributed by atoms with Crippen LogP contribution in [0.15, 0.2) is 0 Å². The maximum absolute atomic E-state index is 11.6. The van der Waals surface area contributed by atoms with Gasteiger partial charge < -0.3 is 167 Å². The van der Waals surface area contributed by atoms with Crippen molar-refractivity contribution in [2.45, 2.75) is 118 Å². The molecule has 49 heteroatoms. The van der Waals surface area contributed by atoms with Gasteiger partial charge in [-0.15, -0.1) is 0 Å². The second-order valence-corrected chi connectivity index (χ2v) is 16.1. The van der Waals surface area contributed by atoms with Crippen LogP contribution in [0.3, 0.4) is 0 Å². The summed E-state index contributed by atoms with van der Waals surface area (Å²) < 4.78 is 0. The first-order chi connectivity index (χ1) is 38.7. The van der Waals surface area contributed by atoms with Crippen molar-refractivity contribution >= 4 is 107 Å². The molecule has 0 radical (unpaired) electrons. The maximum atomic E-state index is 11.6. The van der Waals surface area contributed by atoms with Crippen LogP contribution in [0, 0.1) is 44.6 Å². The van der Waals surface area contributed by atoms with Gasteiger partial charge in [-0.3, -0.25) is 62.5 Å². The first-order valence-corrected chi connectivity index (χ1v) is 21.5. The normalized spacial score (nSPS) is 10.2. The van der Waals surface area contributed by atoms with Gasteiger partial charge >= 0.3 is 173 Å². The topological polar surface area (TPSA) is 830 Å². The molecule has 96 heavy (non-hydrogen) atoms. The fraction of sp³-hybridized carbons (Fsp3) is 0.489. The van der Waals surface area contributed by atoms with Crippen molar-refractivity contribution in [2.24, 2.45) is 0 Å². The van der Waals surface area contributed by atoms with Gasteiger partial charge in [0, 0.05) is 0 Å². The summed E-state index contributed by atoms with van der Waals surface area (Å²) in [5, 5.41) is 204. The molecular weight excluding hydrogens is 1440 g/mol. The summed E-state index contributed by atoms with van der Waals surface area (Å²) in [4.78, 5) is 204. The number of carboxylic acid groups (broad SMARTS) is 16. The first-order valence-electron chi connectivity index (χ1n) is 21.5. The summed E-state index contributed by atoms with van der Waals surface area (Å²) in [6.07, 6.45) is -14.3. The van der Waals surface area contributed by atoms with Crippen LogP contribution in [0.4, 0.5) is 0 Å². The summed E-state index contributed by atoms with van der Waals surface area (Å²) >= 11 is 0. The van der Waals surface area contributed by atoms with Crippen molar-refractivity contribution in [2.75, 3.05) is 26.4 Å². The van der Waals surface area contributed by atoms with Crippen LogP contribution in [0.1, 0.15) is 84.5 Å². The van der Waals surface area contributed by atoms with E-state index in [4.69, 9.17) is 112 Å². The van der Waals surface area contributed by atoms with E-state index in [-0.39, 0.29) is 130 Å². The van der Waals surface area contributed by atoms with E-state index in [2.05, 4.69) is 19.6 Å². The molecule has 0 fully saturated rings. The van der Waals surface area contributed by atoms with Crippen molar-refractivity contribution in [3.63, 3.8) is 0 Å². The number of aliphatic hydroxyl groups excluding tert-OH is 2. The largest absolute Gasteiger partial charge is 2.00 e. The van der Waals surface area contributed by atoms with Gasteiger partial charge in [-0.1, -0.05) is 7.43 Å². The molecule has 24 N–H and O–H groups in total.